The first-order valence-corrected chi connectivity index (χ1v) is 5.14. The Labute approximate surface area is 91.1 Å². The van der Waals surface area contributed by atoms with Gasteiger partial charge in [0.1, 0.15) is 0 Å². The van der Waals surface area contributed by atoms with Gasteiger partial charge in [-0.2, -0.15) is 0 Å². The van der Waals surface area contributed by atoms with Crippen molar-refractivity contribution in [1.82, 2.24) is 4.90 Å². The Kier molecular flexibility index (Phi) is 3.72. The summed E-state index contributed by atoms with van der Waals surface area (Å²) in [5.41, 5.74) is 3.17. The van der Waals surface area contributed by atoms with Crippen molar-refractivity contribution in [2.75, 3.05) is 18.9 Å². The fraction of sp³-hybridized carbons (Fsp3) is 0.417. The maximum Gasteiger partial charge on any atom is 0.321 e. The first-order valence-electron chi connectivity index (χ1n) is 5.14. The van der Waals surface area contributed by atoms with E-state index in [-0.39, 0.29) is 6.03 Å². The van der Waals surface area contributed by atoms with Crippen LogP contribution in [0.5, 0.6) is 0 Å². The van der Waals surface area contributed by atoms with Crippen molar-refractivity contribution in [3.05, 3.63) is 29.3 Å². The largest absolute Gasteiger partial charge is 0.328 e. The van der Waals surface area contributed by atoms with Gasteiger partial charge in [0.15, 0.2) is 0 Å². The van der Waals surface area contributed by atoms with Gasteiger partial charge in [-0.3, -0.25) is 0 Å². The summed E-state index contributed by atoms with van der Waals surface area (Å²) in [6, 6.07) is 5.92. The number of carbonyl (C=O) groups excluding carboxylic acids is 1. The van der Waals surface area contributed by atoms with Crippen molar-refractivity contribution >= 4 is 11.7 Å². The summed E-state index contributed by atoms with van der Waals surface area (Å²) >= 11 is 0. The smallest absolute Gasteiger partial charge is 0.321 e. The van der Waals surface area contributed by atoms with Crippen molar-refractivity contribution in [2.45, 2.75) is 20.8 Å². The van der Waals surface area contributed by atoms with Gasteiger partial charge in [-0.25, -0.2) is 4.79 Å². The molecule has 2 amide bonds. The number of urea groups is 1. The predicted molar refractivity (Wildman–Crippen MR) is 63.2 cm³/mol. The minimum absolute atomic E-state index is 0.0653. The summed E-state index contributed by atoms with van der Waals surface area (Å²) < 4.78 is 0. The normalized spacial score (nSPS) is 9.87. The van der Waals surface area contributed by atoms with E-state index in [1.165, 1.54) is 5.56 Å². The summed E-state index contributed by atoms with van der Waals surface area (Å²) in [7, 11) is 1.78. The van der Waals surface area contributed by atoms with Crippen LogP contribution in [0.2, 0.25) is 0 Å². The zero-order valence-corrected chi connectivity index (χ0v) is 9.79. The Morgan fingerprint density at radius 1 is 1.40 bits per heavy atom. The fourth-order valence-corrected chi connectivity index (χ4v) is 1.31. The van der Waals surface area contributed by atoms with Crippen LogP contribution in [0.15, 0.2) is 18.2 Å². The molecular formula is C12H18N2O. The van der Waals surface area contributed by atoms with Gasteiger partial charge < -0.3 is 10.2 Å². The molecule has 1 aromatic rings. The number of nitrogens with one attached hydrogen (secondary N) is 1. The van der Waals surface area contributed by atoms with Crippen molar-refractivity contribution in [2.24, 2.45) is 0 Å². The fourth-order valence-electron chi connectivity index (χ4n) is 1.31. The van der Waals surface area contributed by atoms with E-state index < -0.39 is 0 Å². The van der Waals surface area contributed by atoms with E-state index in [0.717, 1.165) is 11.3 Å². The highest BCUT2D eigenvalue weighted by Gasteiger charge is 2.07. The molecule has 1 rings (SSSR count). The molecule has 0 aliphatic carbocycles. The number of anilines is 1. The maximum absolute atomic E-state index is 11.6. The van der Waals surface area contributed by atoms with Crippen molar-refractivity contribution < 1.29 is 4.79 Å². The molecule has 0 fully saturated rings. The molecule has 15 heavy (non-hydrogen) atoms. The van der Waals surface area contributed by atoms with E-state index in [4.69, 9.17) is 0 Å². The number of aryl methyl sites for hydroxylation is 2. The van der Waals surface area contributed by atoms with E-state index in [9.17, 15) is 4.79 Å². The van der Waals surface area contributed by atoms with E-state index in [1.807, 2.05) is 32.9 Å². The highest BCUT2D eigenvalue weighted by Crippen LogP contribution is 2.16. The quantitative estimate of drug-likeness (QED) is 0.792. The molecular weight excluding hydrogens is 188 g/mol. The summed E-state index contributed by atoms with van der Waals surface area (Å²) in [5.74, 6) is 0. The molecule has 1 aromatic carbocycles. The topological polar surface area (TPSA) is 32.3 Å². The predicted octanol–water partition coefficient (Wildman–Crippen LogP) is 2.79. The van der Waals surface area contributed by atoms with Crippen LogP contribution in [-0.2, 0) is 0 Å². The first-order chi connectivity index (χ1) is 7.04. The zero-order chi connectivity index (χ0) is 11.4. The van der Waals surface area contributed by atoms with Gasteiger partial charge in [0.05, 0.1) is 0 Å². The molecule has 3 heteroatoms. The molecule has 82 valence electrons. The maximum atomic E-state index is 11.6. The van der Waals surface area contributed by atoms with Crippen LogP contribution < -0.4 is 5.32 Å². The number of amides is 2. The van der Waals surface area contributed by atoms with Gasteiger partial charge in [-0.1, -0.05) is 17.7 Å². The Hall–Kier alpha value is -1.51. The van der Waals surface area contributed by atoms with Crippen LogP contribution in [0.25, 0.3) is 0 Å². The molecule has 0 aliphatic rings. The average Bonchev–Trinajstić information content (AvgIpc) is 2.20. The minimum Gasteiger partial charge on any atom is -0.328 e. The zero-order valence-electron chi connectivity index (χ0n) is 9.79. The summed E-state index contributed by atoms with van der Waals surface area (Å²) in [5, 5.41) is 2.88. The van der Waals surface area contributed by atoms with Crippen LogP contribution in [0.3, 0.4) is 0 Å². The molecule has 0 saturated carbocycles. The standard InChI is InChI=1S/C12H18N2O/c1-5-14(4)12(15)13-11-7-6-9(2)8-10(11)3/h6-8H,5H2,1-4H3,(H,13,15). The monoisotopic (exact) mass is 206 g/mol. The molecule has 1 N–H and O–H groups in total. The van der Waals surface area contributed by atoms with Crippen LogP contribution in [0, 0.1) is 13.8 Å². The second-order valence-electron chi connectivity index (χ2n) is 3.76. The van der Waals surface area contributed by atoms with Crippen LogP contribution >= 0.6 is 0 Å². The lowest BCUT2D eigenvalue weighted by Crippen LogP contribution is -2.31. The Balaban J connectivity index is 2.77. The van der Waals surface area contributed by atoms with E-state index in [0.29, 0.717) is 6.54 Å². The highest BCUT2D eigenvalue weighted by atomic mass is 16.2. The first kappa shape index (κ1) is 11.6. The number of hydrogen-bond donors (Lipinski definition) is 1. The average molecular weight is 206 g/mol. The summed E-state index contributed by atoms with van der Waals surface area (Å²) in [6.45, 7) is 6.68. The molecule has 3 nitrogen and oxygen atoms in total. The number of carbonyl (C=O) groups is 1. The van der Waals surface area contributed by atoms with Crippen molar-refractivity contribution in [3.63, 3.8) is 0 Å². The van der Waals surface area contributed by atoms with E-state index in [1.54, 1.807) is 11.9 Å². The molecule has 0 radical (unpaired) electrons. The van der Waals surface area contributed by atoms with Gasteiger partial charge in [0.2, 0.25) is 0 Å². The van der Waals surface area contributed by atoms with Crippen molar-refractivity contribution in [1.29, 1.82) is 0 Å². The summed E-state index contributed by atoms with van der Waals surface area (Å²) in [4.78, 5) is 13.2. The molecule has 0 unspecified atom stereocenters. The lowest BCUT2D eigenvalue weighted by molar-refractivity contribution is 0.224. The molecule has 0 atom stereocenters. The Morgan fingerprint density at radius 3 is 2.60 bits per heavy atom. The lowest BCUT2D eigenvalue weighted by Gasteiger charge is -2.16. The van der Waals surface area contributed by atoms with Crippen molar-refractivity contribution in [3.8, 4) is 0 Å². The number of benzene rings is 1. The molecule has 0 aliphatic heterocycles. The van der Waals surface area contributed by atoms with Gasteiger partial charge in [0.25, 0.3) is 0 Å². The number of rotatable bonds is 2. The van der Waals surface area contributed by atoms with Gasteiger partial charge in [-0.15, -0.1) is 0 Å². The molecule has 0 saturated heterocycles. The second kappa shape index (κ2) is 4.82. The lowest BCUT2D eigenvalue weighted by atomic mass is 10.1. The minimum atomic E-state index is -0.0653. The highest BCUT2D eigenvalue weighted by molar-refractivity contribution is 5.89. The SMILES string of the molecule is CCN(C)C(=O)Nc1ccc(C)cc1C. The second-order valence-corrected chi connectivity index (χ2v) is 3.76. The molecule has 0 spiro atoms. The van der Waals surface area contributed by atoms with Gasteiger partial charge in [-0.05, 0) is 32.4 Å². The third-order valence-electron chi connectivity index (χ3n) is 2.44. The molecule has 0 heterocycles. The van der Waals surface area contributed by atoms with Gasteiger partial charge >= 0.3 is 6.03 Å². The third-order valence-corrected chi connectivity index (χ3v) is 2.44. The number of hydrogen-bond acceptors (Lipinski definition) is 1. The van der Waals surface area contributed by atoms with Crippen LogP contribution in [0.4, 0.5) is 10.5 Å². The van der Waals surface area contributed by atoms with E-state index in [2.05, 4.69) is 11.4 Å². The van der Waals surface area contributed by atoms with E-state index >= 15 is 0 Å². The van der Waals surface area contributed by atoms with Gasteiger partial charge in [0, 0.05) is 19.3 Å². The molecule has 0 aromatic heterocycles. The summed E-state index contributed by atoms with van der Waals surface area (Å²) in [6.07, 6.45) is 0. The van der Waals surface area contributed by atoms with Crippen LogP contribution in [0.1, 0.15) is 18.1 Å². The van der Waals surface area contributed by atoms with Crippen LogP contribution in [-0.4, -0.2) is 24.5 Å². The molecule has 0 bridgehead atoms. The third kappa shape index (κ3) is 2.98. The number of nitrogens with zero attached hydrogens (tertiary/aromatic N) is 1. The Bertz CT molecular complexity index is 361. The Morgan fingerprint density at radius 2 is 2.07 bits per heavy atom.